The number of nitrogens with zero attached hydrogens (tertiary/aromatic N) is 6. The van der Waals surface area contributed by atoms with Crippen molar-refractivity contribution in [1.82, 2.24) is 30.0 Å². The third-order valence-electron chi connectivity index (χ3n) is 5.18. The molecular formula is C25H20N6O2. The second-order valence-electron chi connectivity index (χ2n) is 7.46. The molecule has 0 spiro atoms. The van der Waals surface area contributed by atoms with E-state index in [4.69, 9.17) is 4.74 Å². The lowest BCUT2D eigenvalue weighted by Gasteiger charge is -2.09. The lowest BCUT2D eigenvalue weighted by molar-refractivity contribution is 0.0600. The van der Waals surface area contributed by atoms with Crippen molar-refractivity contribution in [2.45, 2.75) is 6.54 Å². The molecule has 3 aromatic carbocycles. The summed E-state index contributed by atoms with van der Waals surface area (Å²) >= 11 is 0. The number of ether oxygens (including phenoxy) is 1. The van der Waals surface area contributed by atoms with Gasteiger partial charge in [0.05, 0.1) is 37.3 Å². The fraction of sp³-hybridized carbons (Fsp3) is 0.0800. The van der Waals surface area contributed by atoms with Crippen molar-refractivity contribution in [3.05, 3.63) is 102 Å². The number of hydrogen-bond donors (Lipinski definition) is 0. The molecule has 33 heavy (non-hydrogen) atoms. The molecule has 5 aromatic rings. The molecule has 0 saturated heterocycles. The Morgan fingerprint density at radius 3 is 2.12 bits per heavy atom. The van der Waals surface area contributed by atoms with Crippen LogP contribution in [0.1, 0.15) is 15.9 Å². The van der Waals surface area contributed by atoms with E-state index < -0.39 is 5.97 Å². The Morgan fingerprint density at radius 2 is 1.45 bits per heavy atom. The van der Waals surface area contributed by atoms with E-state index in [1.165, 1.54) is 7.11 Å². The standard InChI is InChI=1S/C25H20N6O2/c1-33-25(32)21-12-18(15-30-16-23(26-28-30)19-8-4-2-5-9-19)13-22(14-21)31-17-24(27-29-31)20-10-6-3-7-11-20/h2-14,16-17H,15H2,1H3. The van der Waals surface area contributed by atoms with Crippen LogP contribution in [0.5, 0.6) is 0 Å². The van der Waals surface area contributed by atoms with E-state index in [1.807, 2.05) is 79.1 Å². The average molecular weight is 436 g/mol. The summed E-state index contributed by atoms with van der Waals surface area (Å²) in [6.07, 6.45) is 3.71. The third-order valence-corrected chi connectivity index (χ3v) is 5.18. The molecule has 162 valence electrons. The minimum atomic E-state index is -0.426. The summed E-state index contributed by atoms with van der Waals surface area (Å²) in [5, 5.41) is 17.1. The summed E-state index contributed by atoms with van der Waals surface area (Å²) in [6.45, 7) is 0.428. The number of carbonyl (C=O) groups excluding carboxylic acids is 1. The fourth-order valence-corrected chi connectivity index (χ4v) is 3.57. The van der Waals surface area contributed by atoms with Gasteiger partial charge in [0.1, 0.15) is 11.4 Å². The first-order valence-electron chi connectivity index (χ1n) is 10.4. The first-order chi connectivity index (χ1) is 16.2. The topological polar surface area (TPSA) is 87.7 Å². The Bertz CT molecular complexity index is 1390. The average Bonchev–Trinajstić information content (AvgIpc) is 3.55. The van der Waals surface area contributed by atoms with Gasteiger partial charge in [0.15, 0.2) is 0 Å². The Morgan fingerprint density at radius 1 is 0.818 bits per heavy atom. The van der Waals surface area contributed by atoms with Gasteiger partial charge in [0.25, 0.3) is 0 Å². The van der Waals surface area contributed by atoms with Crippen LogP contribution in [-0.4, -0.2) is 43.1 Å². The van der Waals surface area contributed by atoms with Crippen molar-refractivity contribution in [3.8, 4) is 28.2 Å². The van der Waals surface area contributed by atoms with Gasteiger partial charge in [-0.1, -0.05) is 71.1 Å². The molecule has 0 N–H and O–H groups in total. The summed E-state index contributed by atoms with van der Waals surface area (Å²) in [6, 6.07) is 25.1. The maximum atomic E-state index is 12.3. The highest BCUT2D eigenvalue weighted by Gasteiger charge is 2.13. The zero-order valence-corrected chi connectivity index (χ0v) is 17.9. The van der Waals surface area contributed by atoms with Gasteiger partial charge in [-0.25, -0.2) is 14.2 Å². The van der Waals surface area contributed by atoms with E-state index in [9.17, 15) is 4.79 Å². The van der Waals surface area contributed by atoms with Crippen molar-refractivity contribution >= 4 is 5.97 Å². The molecule has 0 radical (unpaired) electrons. The quantitative estimate of drug-likeness (QED) is 0.374. The van der Waals surface area contributed by atoms with E-state index in [1.54, 1.807) is 21.5 Å². The molecule has 0 aliphatic rings. The number of esters is 1. The van der Waals surface area contributed by atoms with E-state index in [0.717, 1.165) is 28.1 Å². The molecule has 8 heteroatoms. The Hall–Kier alpha value is -4.59. The van der Waals surface area contributed by atoms with Gasteiger partial charge in [0.2, 0.25) is 0 Å². The van der Waals surface area contributed by atoms with Crippen molar-refractivity contribution < 1.29 is 9.53 Å². The first kappa shape index (κ1) is 20.3. The van der Waals surface area contributed by atoms with E-state index >= 15 is 0 Å². The second-order valence-corrected chi connectivity index (χ2v) is 7.46. The lowest BCUT2D eigenvalue weighted by Crippen LogP contribution is -2.08. The molecule has 0 fully saturated rings. The zero-order valence-electron chi connectivity index (χ0n) is 17.9. The monoisotopic (exact) mass is 436 g/mol. The number of hydrogen-bond acceptors (Lipinski definition) is 6. The molecule has 0 bridgehead atoms. The summed E-state index contributed by atoms with van der Waals surface area (Å²) in [5.41, 5.74) is 5.45. The van der Waals surface area contributed by atoms with Crippen LogP contribution in [0.15, 0.2) is 91.3 Å². The lowest BCUT2D eigenvalue weighted by atomic mass is 10.1. The molecule has 0 aliphatic heterocycles. The van der Waals surface area contributed by atoms with Gasteiger partial charge in [-0.05, 0) is 23.8 Å². The number of aromatic nitrogens is 6. The Balaban J connectivity index is 1.47. The highest BCUT2D eigenvalue weighted by atomic mass is 16.5. The minimum Gasteiger partial charge on any atom is -0.465 e. The highest BCUT2D eigenvalue weighted by molar-refractivity contribution is 5.90. The van der Waals surface area contributed by atoms with E-state index in [-0.39, 0.29) is 0 Å². The van der Waals surface area contributed by atoms with Crippen LogP contribution in [0, 0.1) is 0 Å². The van der Waals surface area contributed by atoms with Crippen molar-refractivity contribution in [1.29, 1.82) is 0 Å². The molecule has 5 rings (SSSR count). The van der Waals surface area contributed by atoms with Gasteiger partial charge < -0.3 is 4.74 Å². The summed E-state index contributed by atoms with van der Waals surface area (Å²) in [7, 11) is 1.36. The van der Waals surface area contributed by atoms with Gasteiger partial charge in [0, 0.05) is 11.1 Å². The molecule has 0 saturated carbocycles. The van der Waals surface area contributed by atoms with Gasteiger partial charge in [-0.15, -0.1) is 10.2 Å². The Kier molecular flexibility index (Phi) is 5.47. The van der Waals surface area contributed by atoms with Gasteiger partial charge in [-0.3, -0.25) is 0 Å². The predicted molar refractivity (Wildman–Crippen MR) is 123 cm³/mol. The van der Waals surface area contributed by atoms with Crippen molar-refractivity contribution in [3.63, 3.8) is 0 Å². The maximum absolute atomic E-state index is 12.3. The van der Waals surface area contributed by atoms with Crippen LogP contribution in [0.25, 0.3) is 28.2 Å². The molecule has 2 heterocycles. The molecule has 0 aliphatic carbocycles. The van der Waals surface area contributed by atoms with Gasteiger partial charge in [-0.2, -0.15) is 0 Å². The van der Waals surface area contributed by atoms with Crippen LogP contribution in [-0.2, 0) is 11.3 Å². The van der Waals surface area contributed by atoms with Crippen LogP contribution in [0.2, 0.25) is 0 Å². The summed E-state index contributed by atoms with van der Waals surface area (Å²) < 4.78 is 8.33. The normalized spacial score (nSPS) is 10.8. The highest BCUT2D eigenvalue weighted by Crippen LogP contribution is 2.21. The Labute approximate surface area is 190 Å². The number of carbonyl (C=O) groups is 1. The molecule has 0 amide bonds. The molecular weight excluding hydrogens is 416 g/mol. The summed E-state index contributed by atoms with van der Waals surface area (Å²) in [5.74, 6) is -0.426. The molecule has 0 unspecified atom stereocenters. The molecule has 2 aromatic heterocycles. The van der Waals surface area contributed by atoms with E-state index in [0.29, 0.717) is 17.8 Å². The largest absolute Gasteiger partial charge is 0.465 e. The fourth-order valence-electron chi connectivity index (χ4n) is 3.57. The first-order valence-corrected chi connectivity index (χ1v) is 10.4. The van der Waals surface area contributed by atoms with Crippen LogP contribution < -0.4 is 0 Å². The maximum Gasteiger partial charge on any atom is 0.337 e. The predicted octanol–water partition coefficient (Wildman–Crippen LogP) is 4.03. The van der Waals surface area contributed by atoms with Crippen molar-refractivity contribution in [2.24, 2.45) is 0 Å². The van der Waals surface area contributed by atoms with Crippen molar-refractivity contribution in [2.75, 3.05) is 7.11 Å². The minimum absolute atomic E-state index is 0.421. The van der Waals surface area contributed by atoms with E-state index in [2.05, 4.69) is 20.6 Å². The van der Waals surface area contributed by atoms with Crippen LogP contribution in [0.4, 0.5) is 0 Å². The molecule has 8 nitrogen and oxygen atoms in total. The number of methoxy groups -OCH3 is 1. The molecule has 0 atom stereocenters. The summed E-state index contributed by atoms with van der Waals surface area (Å²) in [4.78, 5) is 12.3. The van der Waals surface area contributed by atoms with Gasteiger partial charge >= 0.3 is 5.97 Å². The zero-order chi connectivity index (χ0) is 22.6. The SMILES string of the molecule is COC(=O)c1cc(Cn2cc(-c3ccccc3)nn2)cc(-n2cc(-c3ccccc3)nn2)c1. The number of benzene rings is 3. The third kappa shape index (κ3) is 4.40. The number of rotatable bonds is 6. The smallest absolute Gasteiger partial charge is 0.337 e. The second kappa shape index (κ2) is 8.88. The van der Waals surface area contributed by atoms with Crippen LogP contribution >= 0.6 is 0 Å². The van der Waals surface area contributed by atoms with Crippen LogP contribution in [0.3, 0.4) is 0 Å².